The molecule has 3 aromatic rings. The van der Waals surface area contributed by atoms with Gasteiger partial charge in [-0.2, -0.15) is 13.2 Å². The summed E-state index contributed by atoms with van der Waals surface area (Å²) in [5.41, 5.74) is 0.333. The molecular weight excluding hydrogens is 445 g/mol. The van der Waals surface area contributed by atoms with Crippen molar-refractivity contribution in [1.29, 1.82) is 0 Å². The third kappa shape index (κ3) is 3.40. The SMILES string of the molecule is Cc1cc(C(=O)CN2C(=O)c3ccccc3S2(=O)=O)c(C)n1-c1cccc(C(F)(F)F)c1. The normalized spacial score (nSPS) is 15.2. The summed E-state index contributed by atoms with van der Waals surface area (Å²) in [6.45, 7) is 2.47. The summed E-state index contributed by atoms with van der Waals surface area (Å²) in [5.74, 6) is -1.43. The zero-order valence-electron chi connectivity index (χ0n) is 17.0. The number of amides is 1. The Kier molecular flexibility index (Phi) is 5.00. The lowest BCUT2D eigenvalue weighted by atomic mass is 10.1. The first kappa shape index (κ1) is 21.8. The topological polar surface area (TPSA) is 76.5 Å². The van der Waals surface area contributed by atoms with Gasteiger partial charge in [0.05, 0.1) is 11.1 Å². The fourth-order valence-corrected chi connectivity index (χ4v) is 5.39. The average Bonchev–Trinajstić information content (AvgIpc) is 3.13. The molecule has 0 radical (unpaired) electrons. The van der Waals surface area contributed by atoms with E-state index < -0.39 is 40.0 Å². The van der Waals surface area contributed by atoms with Crippen LogP contribution in [0.2, 0.25) is 0 Å². The van der Waals surface area contributed by atoms with Gasteiger partial charge in [-0.1, -0.05) is 18.2 Å². The minimum atomic E-state index is -4.52. The highest BCUT2D eigenvalue weighted by molar-refractivity contribution is 7.90. The minimum absolute atomic E-state index is 0.00487. The number of rotatable bonds is 4. The number of Topliss-reactive ketones (excluding diaryl/α,β-unsaturated/α-hetero) is 1. The van der Waals surface area contributed by atoms with Crippen molar-refractivity contribution in [2.24, 2.45) is 0 Å². The van der Waals surface area contributed by atoms with E-state index in [1.54, 1.807) is 13.8 Å². The molecule has 32 heavy (non-hydrogen) atoms. The zero-order valence-corrected chi connectivity index (χ0v) is 17.8. The van der Waals surface area contributed by atoms with E-state index >= 15 is 0 Å². The molecule has 2 heterocycles. The molecule has 0 atom stereocenters. The van der Waals surface area contributed by atoms with Crippen LogP contribution in [0.25, 0.3) is 5.69 Å². The Morgan fingerprint density at radius 2 is 1.69 bits per heavy atom. The van der Waals surface area contributed by atoms with Gasteiger partial charge in [0.1, 0.15) is 11.4 Å². The largest absolute Gasteiger partial charge is 0.416 e. The van der Waals surface area contributed by atoms with E-state index in [1.165, 1.54) is 47.0 Å². The van der Waals surface area contributed by atoms with Crippen LogP contribution in [0.5, 0.6) is 0 Å². The van der Waals surface area contributed by atoms with Gasteiger partial charge in [0.2, 0.25) is 0 Å². The number of nitrogens with zero attached hydrogens (tertiary/aromatic N) is 2. The molecule has 2 aromatic carbocycles. The predicted octanol–water partition coefficient (Wildman–Crippen LogP) is 4.14. The Labute approximate surface area is 181 Å². The molecule has 0 aliphatic carbocycles. The molecule has 0 saturated heterocycles. The number of carbonyl (C=O) groups excluding carboxylic acids is 2. The number of halogens is 3. The number of fused-ring (bicyclic) bond motifs is 1. The van der Waals surface area contributed by atoms with Crippen LogP contribution in [-0.4, -0.2) is 35.5 Å². The smallest absolute Gasteiger partial charge is 0.318 e. The molecule has 0 unspecified atom stereocenters. The van der Waals surface area contributed by atoms with E-state index in [9.17, 15) is 31.2 Å². The Morgan fingerprint density at radius 3 is 2.34 bits per heavy atom. The Balaban J connectivity index is 1.69. The monoisotopic (exact) mass is 462 g/mol. The maximum atomic E-state index is 13.1. The zero-order chi connectivity index (χ0) is 23.4. The Bertz CT molecular complexity index is 1370. The van der Waals surface area contributed by atoms with E-state index in [-0.39, 0.29) is 21.7 Å². The predicted molar refractivity (Wildman–Crippen MR) is 109 cm³/mol. The van der Waals surface area contributed by atoms with Crippen LogP contribution < -0.4 is 0 Å². The lowest BCUT2D eigenvalue weighted by molar-refractivity contribution is -0.137. The molecule has 0 N–H and O–H groups in total. The molecule has 1 amide bonds. The molecular formula is C22H17F3N2O4S. The molecule has 10 heteroatoms. The van der Waals surface area contributed by atoms with E-state index in [4.69, 9.17) is 0 Å². The summed E-state index contributed by atoms with van der Waals surface area (Å²) in [4.78, 5) is 25.4. The number of benzene rings is 2. The highest BCUT2D eigenvalue weighted by atomic mass is 32.2. The fraction of sp³-hybridized carbons (Fsp3) is 0.182. The van der Waals surface area contributed by atoms with Crippen molar-refractivity contribution in [2.75, 3.05) is 6.54 Å². The number of aryl methyl sites for hydroxylation is 1. The van der Waals surface area contributed by atoms with Crippen LogP contribution in [0, 0.1) is 13.8 Å². The van der Waals surface area contributed by atoms with E-state index in [0.717, 1.165) is 12.1 Å². The Hall–Kier alpha value is -3.40. The lowest BCUT2D eigenvalue weighted by Crippen LogP contribution is -2.35. The molecule has 0 spiro atoms. The first-order valence-electron chi connectivity index (χ1n) is 9.49. The molecule has 4 rings (SSSR count). The van der Waals surface area contributed by atoms with Crippen molar-refractivity contribution in [3.63, 3.8) is 0 Å². The minimum Gasteiger partial charge on any atom is -0.318 e. The maximum Gasteiger partial charge on any atom is 0.416 e. The number of alkyl halides is 3. The van der Waals surface area contributed by atoms with Gasteiger partial charge in [0.25, 0.3) is 15.9 Å². The second-order valence-corrected chi connectivity index (χ2v) is 9.24. The third-order valence-corrected chi connectivity index (χ3v) is 7.15. The summed E-state index contributed by atoms with van der Waals surface area (Å²) < 4.78 is 66.8. The highest BCUT2D eigenvalue weighted by Crippen LogP contribution is 2.33. The van der Waals surface area contributed by atoms with Gasteiger partial charge in [-0.25, -0.2) is 12.7 Å². The number of hydrogen-bond donors (Lipinski definition) is 0. The number of hydrogen-bond acceptors (Lipinski definition) is 4. The third-order valence-electron chi connectivity index (χ3n) is 5.36. The number of ketones is 1. The van der Waals surface area contributed by atoms with Gasteiger partial charge in [-0.3, -0.25) is 9.59 Å². The van der Waals surface area contributed by atoms with E-state index in [2.05, 4.69) is 0 Å². The molecule has 0 saturated carbocycles. The summed E-state index contributed by atoms with van der Waals surface area (Å²) in [7, 11) is -4.16. The molecule has 6 nitrogen and oxygen atoms in total. The summed E-state index contributed by atoms with van der Waals surface area (Å²) in [6, 6.07) is 11.8. The van der Waals surface area contributed by atoms with Crippen molar-refractivity contribution in [3.8, 4) is 5.69 Å². The van der Waals surface area contributed by atoms with Gasteiger partial charge in [-0.05, 0) is 50.2 Å². The van der Waals surface area contributed by atoms with Crippen LogP contribution in [0.15, 0.2) is 59.5 Å². The first-order valence-corrected chi connectivity index (χ1v) is 10.9. The van der Waals surface area contributed by atoms with Crippen molar-refractivity contribution in [2.45, 2.75) is 24.9 Å². The van der Waals surface area contributed by atoms with Crippen LogP contribution in [0.1, 0.15) is 37.7 Å². The van der Waals surface area contributed by atoms with Crippen LogP contribution in [-0.2, 0) is 16.2 Å². The highest BCUT2D eigenvalue weighted by Gasteiger charge is 2.42. The van der Waals surface area contributed by atoms with Gasteiger partial charge < -0.3 is 4.57 Å². The molecule has 0 fully saturated rings. The van der Waals surface area contributed by atoms with Crippen LogP contribution in [0.4, 0.5) is 13.2 Å². The van der Waals surface area contributed by atoms with Crippen molar-refractivity contribution < 1.29 is 31.2 Å². The van der Waals surface area contributed by atoms with Crippen molar-refractivity contribution >= 4 is 21.7 Å². The molecule has 1 aromatic heterocycles. The second-order valence-electron chi connectivity index (χ2n) is 7.40. The van der Waals surface area contributed by atoms with E-state index in [1.807, 2.05) is 0 Å². The van der Waals surface area contributed by atoms with Crippen LogP contribution in [0.3, 0.4) is 0 Å². The van der Waals surface area contributed by atoms with Gasteiger partial charge in [-0.15, -0.1) is 0 Å². The lowest BCUT2D eigenvalue weighted by Gasteiger charge is -2.15. The summed E-state index contributed by atoms with van der Waals surface area (Å²) in [5, 5.41) is 0. The number of sulfonamides is 1. The standard InChI is InChI=1S/C22H17F3N2O4S/c1-13-10-18(14(2)27(13)16-7-5-6-15(11-16)22(23,24)25)19(28)12-26-21(29)17-8-3-4-9-20(17)32(26,30)31/h3-11H,12H2,1-2H3. The van der Waals surface area contributed by atoms with Gasteiger partial charge in [0.15, 0.2) is 5.78 Å². The molecule has 0 bridgehead atoms. The molecule has 1 aliphatic heterocycles. The first-order chi connectivity index (χ1) is 14.9. The Morgan fingerprint density at radius 1 is 1.00 bits per heavy atom. The fourth-order valence-electron chi connectivity index (χ4n) is 3.87. The molecule has 1 aliphatic rings. The van der Waals surface area contributed by atoms with Gasteiger partial charge >= 0.3 is 6.18 Å². The second kappa shape index (κ2) is 7.33. The van der Waals surface area contributed by atoms with Crippen molar-refractivity contribution in [3.05, 3.63) is 82.7 Å². The summed E-state index contributed by atoms with van der Waals surface area (Å²) in [6.07, 6.45) is -4.52. The summed E-state index contributed by atoms with van der Waals surface area (Å²) >= 11 is 0. The average molecular weight is 462 g/mol. The number of carbonyl (C=O) groups is 2. The molecule has 166 valence electrons. The maximum absolute atomic E-state index is 13.1. The quantitative estimate of drug-likeness (QED) is 0.546. The van der Waals surface area contributed by atoms with E-state index in [0.29, 0.717) is 15.7 Å². The van der Waals surface area contributed by atoms with Crippen molar-refractivity contribution in [1.82, 2.24) is 8.87 Å². The van der Waals surface area contributed by atoms with Crippen LogP contribution >= 0.6 is 0 Å². The number of aromatic nitrogens is 1. The van der Waals surface area contributed by atoms with Gasteiger partial charge in [0, 0.05) is 22.6 Å².